The molecular formula is C13H22N4. The highest BCUT2D eigenvalue weighted by Gasteiger charge is 2.32. The molecule has 0 bridgehead atoms. The number of aromatic nitrogens is 2. The number of rotatable bonds is 4. The molecule has 2 fully saturated rings. The van der Waals surface area contributed by atoms with E-state index in [0.717, 1.165) is 18.6 Å². The Bertz CT molecular complexity index is 329. The molecule has 1 aromatic heterocycles. The Kier molecular flexibility index (Phi) is 3.43. The zero-order valence-electron chi connectivity index (χ0n) is 10.4. The number of hydrogen-bond acceptors (Lipinski definition) is 3. The van der Waals surface area contributed by atoms with Gasteiger partial charge in [-0.25, -0.2) is 4.98 Å². The number of imidazole rings is 1. The monoisotopic (exact) mass is 234 g/mol. The second-order valence-corrected chi connectivity index (χ2v) is 5.25. The largest absolute Gasteiger partial charge is 0.336 e. The fourth-order valence-electron chi connectivity index (χ4n) is 3.29. The van der Waals surface area contributed by atoms with E-state index in [1.165, 1.54) is 45.3 Å². The molecule has 1 aromatic rings. The molecule has 2 unspecified atom stereocenters. The predicted molar refractivity (Wildman–Crippen MR) is 67.8 cm³/mol. The van der Waals surface area contributed by atoms with Crippen LogP contribution in [0.5, 0.6) is 0 Å². The van der Waals surface area contributed by atoms with Crippen molar-refractivity contribution in [1.82, 2.24) is 19.8 Å². The predicted octanol–water partition coefficient (Wildman–Crippen LogP) is 1.10. The van der Waals surface area contributed by atoms with Gasteiger partial charge in [-0.05, 0) is 38.8 Å². The molecule has 3 rings (SSSR count). The maximum atomic E-state index is 4.10. The van der Waals surface area contributed by atoms with Crippen molar-refractivity contribution in [3.8, 4) is 0 Å². The Labute approximate surface area is 103 Å². The molecule has 0 amide bonds. The number of hydrogen-bond donors (Lipinski definition) is 1. The quantitative estimate of drug-likeness (QED) is 0.847. The van der Waals surface area contributed by atoms with Gasteiger partial charge in [0.2, 0.25) is 0 Å². The summed E-state index contributed by atoms with van der Waals surface area (Å²) in [5, 5.41) is 3.66. The summed E-state index contributed by atoms with van der Waals surface area (Å²) in [7, 11) is 0. The van der Waals surface area contributed by atoms with Crippen LogP contribution < -0.4 is 5.32 Å². The minimum atomic E-state index is 0.750. The van der Waals surface area contributed by atoms with Gasteiger partial charge in [0.25, 0.3) is 0 Å². The molecule has 0 aliphatic carbocycles. The van der Waals surface area contributed by atoms with Crippen LogP contribution in [0.2, 0.25) is 0 Å². The van der Waals surface area contributed by atoms with Crippen molar-refractivity contribution in [2.24, 2.45) is 0 Å². The van der Waals surface area contributed by atoms with Gasteiger partial charge in [0, 0.05) is 37.6 Å². The Hall–Kier alpha value is -0.870. The summed E-state index contributed by atoms with van der Waals surface area (Å²) < 4.78 is 2.18. The molecular weight excluding hydrogens is 212 g/mol. The molecule has 0 radical (unpaired) electrons. The van der Waals surface area contributed by atoms with Crippen LogP contribution in [-0.2, 0) is 6.54 Å². The second kappa shape index (κ2) is 5.19. The first-order valence-corrected chi connectivity index (χ1v) is 6.87. The summed E-state index contributed by atoms with van der Waals surface area (Å²) in [5.74, 6) is 0. The van der Waals surface area contributed by atoms with Gasteiger partial charge in [-0.3, -0.25) is 4.90 Å². The first-order chi connectivity index (χ1) is 8.43. The van der Waals surface area contributed by atoms with Crippen LogP contribution in [0.1, 0.15) is 25.7 Å². The molecule has 2 aliphatic rings. The van der Waals surface area contributed by atoms with Gasteiger partial charge >= 0.3 is 0 Å². The van der Waals surface area contributed by atoms with Crippen LogP contribution in [0.4, 0.5) is 0 Å². The molecule has 0 spiro atoms. The van der Waals surface area contributed by atoms with E-state index in [-0.39, 0.29) is 0 Å². The summed E-state index contributed by atoms with van der Waals surface area (Å²) in [6, 6.07) is 1.53. The van der Waals surface area contributed by atoms with E-state index in [1.807, 2.05) is 12.5 Å². The summed E-state index contributed by atoms with van der Waals surface area (Å²) in [6.45, 7) is 4.73. The molecule has 2 atom stereocenters. The molecule has 1 N–H and O–H groups in total. The average molecular weight is 234 g/mol. The van der Waals surface area contributed by atoms with Crippen LogP contribution in [0.25, 0.3) is 0 Å². The van der Waals surface area contributed by atoms with Crippen LogP contribution in [0.3, 0.4) is 0 Å². The van der Waals surface area contributed by atoms with Crippen molar-refractivity contribution in [2.75, 3.05) is 19.6 Å². The highest BCUT2D eigenvalue weighted by atomic mass is 15.2. The maximum Gasteiger partial charge on any atom is 0.0946 e. The number of nitrogens with zero attached hydrogens (tertiary/aromatic N) is 3. The molecule has 0 aromatic carbocycles. The topological polar surface area (TPSA) is 33.1 Å². The van der Waals surface area contributed by atoms with Gasteiger partial charge in [0.05, 0.1) is 6.33 Å². The molecule has 2 saturated heterocycles. The lowest BCUT2D eigenvalue weighted by molar-refractivity contribution is 0.207. The third kappa shape index (κ3) is 2.53. The summed E-state index contributed by atoms with van der Waals surface area (Å²) in [6.07, 6.45) is 11.3. The summed E-state index contributed by atoms with van der Waals surface area (Å²) >= 11 is 0. The van der Waals surface area contributed by atoms with E-state index < -0.39 is 0 Å². The van der Waals surface area contributed by atoms with Gasteiger partial charge < -0.3 is 9.88 Å². The Morgan fingerprint density at radius 3 is 3.00 bits per heavy atom. The third-order valence-electron chi connectivity index (χ3n) is 4.18. The highest BCUT2D eigenvalue weighted by molar-refractivity contribution is 4.92. The Balaban J connectivity index is 1.54. The maximum absolute atomic E-state index is 4.10. The lowest BCUT2D eigenvalue weighted by atomic mass is 10.0. The van der Waals surface area contributed by atoms with Crippen molar-refractivity contribution in [3.05, 3.63) is 18.7 Å². The van der Waals surface area contributed by atoms with Crippen LogP contribution >= 0.6 is 0 Å². The van der Waals surface area contributed by atoms with Crippen molar-refractivity contribution < 1.29 is 0 Å². The molecule has 0 saturated carbocycles. The van der Waals surface area contributed by atoms with Crippen molar-refractivity contribution >= 4 is 0 Å². The zero-order chi connectivity index (χ0) is 11.5. The van der Waals surface area contributed by atoms with Crippen molar-refractivity contribution in [1.29, 1.82) is 0 Å². The molecule has 4 heteroatoms. The summed E-state index contributed by atoms with van der Waals surface area (Å²) in [5.41, 5.74) is 0. The smallest absolute Gasteiger partial charge is 0.0946 e. The van der Waals surface area contributed by atoms with Gasteiger partial charge in [-0.15, -0.1) is 0 Å². The third-order valence-corrected chi connectivity index (χ3v) is 4.18. The minimum absolute atomic E-state index is 0.750. The van der Waals surface area contributed by atoms with Gasteiger partial charge in [-0.2, -0.15) is 0 Å². The lowest BCUT2D eigenvalue weighted by Gasteiger charge is -2.29. The van der Waals surface area contributed by atoms with Gasteiger partial charge in [-0.1, -0.05) is 0 Å². The van der Waals surface area contributed by atoms with E-state index in [9.17, 15) is 0 Å². The fourth-order valence-corrected chi connectivity index (χ4v) is 3.29. The first kappa shape index (κ1) is 11.2. The lowest BCUT2D eigenvalue weighted by Crippen LogP contribution is -2.44. The van der Waals surface area contributed by atoms with Gasteiger partial charge in [0.1, 0.15) is 0 Å². The molecule has 3 heterocycles. The van der Waals surface area contributed by atoms with Crippen LogP contribution in [0.15, 0.2) is 18.7 Å². The van der Waals surface area contributed by atoms with E-state index in [0.29, 0.717) is 0 Å². The zero-order valence-corrected chi connectivity index (χ0v) is 10.4. The molecule has 17 heavy (non-hydrogen) atoms. The summed E-state index contributed by atoms with van der Waals surface area (Å²) in [4.78, 5) is 6.77. The molecule has 4 nitrogen and oxygen atoms in total. The SMILES string of the molecule is c1cn(CCN2CCCC2C2CCCN2)cn1. The Morgan fingerprint density at radius 1 is 1.24 bits per heavy atom. The van der Waals surface area contributed by atoms with E-state index in [2.05, 4.69) is 26.0 Å². The van der Waals surface area contributed by atoms with Crippen molar-refractivity contribution in [2.45, 2.75) is 44.3 Å². The normalized spacial score (nSPS) is 30.1. The number of likely N-dealkylation sites (tertiary alicyclic amines) is 1. The van der Waals surface area contributed by atoms with Crippen LogP contribution in [-0.4, -0.2) is 46.2 Å². The molecule has 94 valence electrons. The Morgan fingerprint density at radius 2 is 2.24 bits per heavy atom. The average Bonchev–Trinajstić information content (AvgIpc) is 3.09. The first-order valence-electron chi connectivity index (χ1n) is 6.87. The fraction of sp³-hybridized carbons (Fsp3) is 0.769. The molecule has 2 aliphatic heterocycles. The van der Waals surface area contributed by atoms with E-state index in [4.69, 9.17) is 0 Å². The van der Waals surface area contributed by atoms with Gasteiger partial charge in [0.15, 0.2) is 0 Å². The standard InChI is InChI=1S/C13H22N4/c1-3-12(15-5-1)13-4-2-7-17(13)10-9-16-8-6-14-11-16/h6,8,11-13,15H,1-5,7,9-10H2. The number of nitrogens with one attached hydrogen (secondary N) is 1. The second-order valence-electron chi connectivity index (χ2n) is 5.25. The minimum Gasteiger partial charge on any atom is -0.336 e. The van der Waals surface area contributed by atoms with E-state index in [1.54, 1.807) is 0 Å². The van der Waals surface area contributed by atoms with Crippen LogP contribution in [0, 0.1) is 0 Å². The van der Waals surface area contributed by atoms with Crippen molar-refractivity contribution in [3.63, 3.8) is 0 Å². The van der Waals surface area contributed by atoms with E-state index >= 15 is 0 Å². The highest BCUT2D eigenvalue weighted by Crippen LogP contribution is 2.24.